The lowest BCUT2D eigenvalue weighted by molar-refractivity contribution is -0.123. The van der Waals surface area contributed by atoms with Crippen molar-refractivity contribution in [2.45, 2.75) is 57.4 Å². The Morgan fingerprint density at radius 1 is 1.31 bits per heavy atom. The number of likely N-dealkylation sites (N-methyl/N-ethyl adjacent to an activating group) is 1. The van der Waals surface area contributed by atoms with Gasteiger partial charge in [-0.15, -0.1) is 0 Å². The number of carbonyl (C=O) groups excluding carboxylic acids is 1. The number of rotatable bonds is 10. The zero-order chi connectivity index (χ0) is 23.5. The summed E-state index contributed by atoms with van der Waals surface area (Å²) in [6.45, 7) is 3.31. The summed E-state index contributed by atoms with van der Waals surface area (Å²) in [7, 11) is 3.89. The molecule has 1 fully saturated rings. The van der Waals surface area contributed by atoms with E-state index >= 15 is 0 Å². The van der Waals surface area contributed by atoms with Gasteiger partial charge in [-0.05, 0) is 82.1 Å². The Hall–Kier alpha value is -2.54. The minimum Gasteiger partial charge on any atom is -0.508 e. The van der Waals surface area contributed by atoms with E-state index in [1.807, 2.05) is 32.0 Å². The first kappa shape index (κ1) is 24.1. The quantitative estimate of drug-likeness (QED) is 0.573. The third-order valence-electron chi connectivity index (χ3n) is 6.85. The van der Waals surface area contributed by atoms with Crippen molar-refractivity contribution in [1.82, 2.24) is 15.2 Å². The third-order valence-corrected chi connectivity index (χ3v) is 6.85. The number of hydrogen-bond acceptors (Lipinski definition) is 4. The van der Waals surface area contributed by atoms with Gasteiger partial charge in [0.2, 0.25) is 5.91 Å². The number of halogens is 2. The van der Waals surface area contributed by atoms with E-state index in [0.29, 0.717) is 31.4 Å². The van der Waals surface area contributed by atoms with Crippen molar-refractivity contribution in [3.63, 3.8) is 0 Å². The molecule has 1 aromatic carbocycles. The number of pyridine rings is 1. The molecule has 0 radical (unpaired) electrons. The molecule has 2 aromatic rings. The number of carbonyl (C=O) groups is 1. The molecule has 174 valence electrons. The highest BCUT2D eigenvalue weighted by atomic mass is 19.3. The first-order valence-corrected chi connectivity index (χ1v) is 11.0. The van der Waals surface area contributed by atoms with Gasteiger partial charge in [0.25, 0.3) is 5.92 Å². The van der Waals surface area contributed by atoms with Gasteiger partial charge >= 0.3 is 0 Å². The number of aromatic nitrogens is 1. The van der Waals surface area contributed by atoms with Crippen molar-refractivity contribution >= 4 is 5.91 Å². The fourth-order valence-corrected chi connectivity index (χ4v) is 4.53. The second-order valence-corrected chi connectivity index (χ2v) is 9.32. The van der Waals surface area contributed by atoms with Gasteiger partial charge in [0.1, 0.15) is 5.75 Å². The first-order valence-electron chi connectivity index (χ1n) is 11.0. The zero-order valence-electron chi connectivity index (χ0n) is 19.2. The summed E-state index contributed by atoms with van der Waals surface area (Å²) < 4.78 is 29.0. The first-order chi connectivity index (χ1) is 15.0. The van der Waals surface area contributed by atoms with E-state index in [2.05, 4.69) is 10.3 Å². The summed E-state index contributed by atoms with van der Waals surface area (Å²) in [5.41, 5.74) is 1.58. The predicted molar refractivity (Wildman–Crippen MR) is 121 cm³/mol. The summed E-state index contributed by atoms with van der Waals surface area (Å²) in [5.74, 6) is -3.45. The van der Waals surface area contributed by atoms with Crippen LogP contribution in [0.3, 0.4) is 0 Å². The third kappa shape index (κ3) is 5.44. The SMILES string of the molecule is Cc1cc(O)ccc1C[C@@H](CNC(=O)CC(c1cccnc1)C1(C(C)(F)F)CC1)N(C)C. The van der Waals surface area contributed by atoms with E-state index in [4.69, 9.17) is 0 Å². The van der Waals surface area contributed by atoms with Crippen LogP contribution in [-0.4, -0.2) is 53.5 Å². The monoisotopic (exact) mass is 445 g/mol. The molecular weight excluding hydrogens is 412 g/mol. The van der Waals surface area contributed by atoms with Crippen molar-refractivity contribution < 1.29 is 18.7 Å². The Morgan fingerprint density at radius 3 is 2.56 bits per heavy atom. The number of amides is 1. The smallest absolute Gasteiger partial charge is 0.251 e. The molecule has 0 aliphatic heterocycles. The molecule has 1 aliphatic rings. The molecule has 0 saturated heterocycles. The number of aromatic hydroxyl groups is 1. The van der Waals surface area contributed by atoms with Gasteiger partial charge < -0.3 is 15.3 Å². The molecule has 1 heterocycles. The molecule has 0 spiro atoms. The van der Waals surface area contributed by atoms with Crippen molar-refractivity contribution in [2.75, 3.05) is 20.6 Å². The number of benzene rings is 1. The van der Waals surface area contributed by atoms with E-state index in [0.717, 1.165) is 18.1 Å². The largest absolute Gasteiger partial charge is 0.508 e. The van der Waals surface area contributed by atoms with Crippen LogP contribution in [0.4, 0.5) is 8.78 Å². The molecule has 0 bridgehead atoms. The minimum atomic E-state index is -2.86. The molecule has 1 aliphatic carbocycles. The summed E-state index contributed by atoms with van der Waals surface area (Å²) in [5, 5.41) is 12.6. The zero-order valence-corrected chi connectivity index (χ0v) is 19.2. The van der Waals surface area contributed by atoms with E-state index < -0.39 is 17.3 Å². The number of alkyl halides is 2. The van der Waals surface area contributed by atoms with Crippen LogP contribution in [0.5, 0.6) is 5.75 Å². The predicted octanol–water partition coefficient (Wildman–Crippen LogP) is 4.29. The molecular formula is C25H33F2N3O2. The van der Waals surface area contributed by atoms with Gasteiger partial charge in [0.05, 0.1) is 0 Å². The molecule has 7 heteroatoms. The highest BCUT2D eigenvalue weighted by Crippen LogP contribution is 2.65. The maximum absolute atomic E-state index is 14.5. The Kier molecular flexibility index (Phi) is 7.18. The van der Waals surface area contributed by atoms with Crippen LogP contribution in [0.25, 0.3) is 0 Å². The molecule has 1 saturated carbocycles. The molecule has 2 N–H and O–H groups in total. The van der Waals surface area contributed by atoms with Crippen LogP contribution >= 0.6 is 0 Å². The average molecular weight is 446 g/mol. The molecule has 1 aromatic heterocycles. The van der Waals surface area contributed by atoms with Crippen LogP contribution in [-0.2, 0) is 11.2 Å². The molecule has 2 atom stereocenters. The van der Waals surface area contributed by atoms with Gasteiger partial charge in [0.15, 0.2) is 0 Å². The van der Waals surface area contributed by atoms with Crippen LogP contribution in [0.15, 0.2) is 42.7 Å². The van der Waals surface area contributed by atoms with Crippen LogP contribution < -0.4 is 5.32 Å². The van der Waals surface area contributed by atoms with E-state index in [9.17, 15) is 18.7 Å². The molecule has 1 unspecified atom stereocenters. The summed E-state index contributed by atoms with van der Waals surface area (Å²) >= 11 is 0. The van der Waals surface area contributed by atoms with Crippen molar-refractivity contribution in [1.29, 1.82) is 0 Å². The minimum absolute atomic E-state index is 0.00745. The van der Waals surface area contributed by atoms with Gasteiger partial charge in [-0.3, -0.25) is 9.78 Å². The lowest BCUT2D eigenvalue weighted by Gasteiger charge is -2.32. The van der Waals surface area contributed by atoms with Crippen LogP contribution in [0.2, 0.25) is 0 Å². The second-order valence-electron chi connectivity index (χ2n) is 9.32. The van der Waals surface area contributed by atoms with Crippen molar-refractivity contribution in [3.8, 4) is 5.75 Å². The summed E-state index contributed by atoms with van der Waals surface area (Å²) in [4.78, 5) is 19.0. The van der Waals surface area contributed by atoms with E-state index in [1.54, 1.807) is 36.7 Å². The second kappa shape index (κ2) is 9.53. The highest BCUT2D eigenvalue weighted by molar-refractivity contribution is 5.77. The van der Waals surface area contributed by atoms with Gasteiger partial charge in [-0.25, -0.2) is 8.78 Å². The molecule has 3 rings (SSSR count). The molecule has 1 amide bonds. The van der Waals surface area contributed by atoms with Crippen LogP contribution in [0, 0.1) is 12.3 Å². The lowest BCUT2D eigenvalue weighted by Crippen LogP contribution is -2.43. The number of nitrogens with zero attached hydrogens (tertiary/aromatic N) is 2. The standard InChI is InChI=1S/C25H33F2N3O2/c1-17-12-21(31)8-7-18(17)13-20(30(3)4)16-29-23(32)14-22(19-6-5-11-28-15-19)25(9-10-25)24(2,26)27/h5-8,11-12,15,20,22,31H,9-10,13-14,16H2,1-4H3,(H,29,32)/t20-,22?/m0/s1. The lowest BCUT2D eigenvalue weighted by atomic mass is 9.77. The fraction of sp³-hybridized carbons (Fsp3) is 0.520. The number of hydrogen-bond donors (Lipinski definition) is 2. The molecule has 5 nitrogen and oxygen atoms in total. The summed E-state index contributed by atoms with van der Waals surface area (Å²) in [6.07, 6.45) is 4.72. The normalized spacial score (nSPS) is 17.1. The van der Waals surface area contributed by atoms with Gasteiger partial charge in [0, 0.05) is 42.7 Å². The maximum Gasteiger partial charge on any atom is 0.251 e. The van der Waals surface area contributed by atoms with Crippen LogP contribution in [0.1, 0.15) is 48.8 Å². The number of phenols is 1. The number of phenolic OH excluding ortho intramolecular Hbond substituents is 1. The Balaban J connectivity index is 1.69. The van der Waals surface area contributed by atoms with Crippen molar-refractivity contribution in [2.24, 2.45) is 5.41 Å². The Labute approximate surface area is 188 Å². The van der Waals surface area contributed by atoms with Gasteiger partial charge in [-0.1, -0.05) is 12.1 Å². The Bertz CT molecular complexity index is 925. The van der Waals surface area contributed by atoms with E-state index in [1.165, 1.54) is 0 Å². The van der Waals surface area contributed by atoms with Crippen molar-refractivity contribution in [3.05, 3.63) is 59.4 Å². The van der Waals surface area contributed by atoms with E-state index in [-0.39, 0.29) is 24.1 Å². The average Bonchev–Trinajstić information content (AvgIpc) is 3.53. The maximum atomic E-state index is 14.5. The highest BCUT2D eigenvalue weighted by Gasteiger charge is 2.63. The number of nitrogens with one attached hydrogen (secondary N) is 1. The summed E-state index contributed by atoms with van der Waals surface area (Å²) in [6, 6.07) is 8.81. The Morgan fingerprint density at radius 2 is 2.03 bits per heavy atom. The molecule has 32 heavy (non-hydrogen) atoms. The number of aryl methyl sites for hydroxylation is 1. The van der Waals surface area contributed by atoms with Gasteiger partial charge in [-0.2, -0.15) is 0 Å². The topological polar surface area (TPSA) is 65.5 Å². The fourth-order valence-electron chi connectivity index (χ4n) is 4.53.